The zero-order valence-corrected chi connectivity index (χ0v) is 6.16. The molecule has 0 aromatic carbocycles. The van der Waals surface area contributed by atoms with Gasteiger partial charge in [-0.25, -0.2) is 4.68 Å². The molecule has 10 heavy (non-hydrogen) atoms. The first-order valence-corrected chi connectivity index (χ1v) is 3.29. The number of carbonyl (C=O) groups excluding carboxylic acids is 1. The smallest absolute Gasteiger partial charge is 0.243 e. The molecule has 0 N–H and O–H groups in total. The minimum Gasteiger partial charge on any atom is -0.273 e. The monoisotopic (exact) mass is 138 g/mol. The molecule has 0 unspecified atom stereocenters. The number of carbonyl (C=O) groups is 1. The van der Waals surface area contributed by atoms with Crippen molar-refractivity contribution in [2.45, 2.75) is 20.3 Å². The van der Waals surface area contributed by atoms with E-state index < -0.39 is 0 Å². The lowest BCUT2D eigenvalue weighted by Gasteiger charge is -1.89. The summed E-state index contributed by atoms with van der Waals surface area (Å²) >= 11 is 0. The second-order valence-electron chi connectivity index (χ2n) is 2.12. The van der Waals surface area contributed by atoms with Crippen molar-refractivity contribution >= 4 is 5.91 Å². The highest BCUT2D eigenvalue weighted by Gasteiger charge is 1.98. The van der Waals surface area contributed by atoms with Gasteiger partial charge in [-0.3, -0.25) is 4.79 Å². The van der Waals surface area contributed by atoms with Crippen LogP contribution in [0.1, 0.15) is 24.3 Å². The second-order valence-corrected chi connectivity index (χ2v) is 2.12. The Morgan fingerprint density at radius 1 is 1.80 bits per heavy atom. The molecular formula is C7H10N2O. The molecule has 0 bridgehead atoms. The third-order valence-electron chi connectivity index (χ3n) is 1.33. The molecule has 3 heteroatoms. The summed E-state index contributed by atoms with van der Waals surface area (Å²) in [6.07, 6.45) is 2.56. The van der Waals surface area contributed by atoms with Gasteiger partial charge in [-0.1, -0.05) is 6.92 Å². The molecule has 0 aliphatic heterocycles. The Bertz CT molecular complexity index is 240. The van der Waals surface area contributed by atoms with Gasteiger partial charge < -0.3 is 0 Å². The fraction of sp³-hybridized carbons (Fsp3) is 0.429. The Labute approximate surface area is 59.7 Å². The van der Waals surface area contributed by atoms with Crippen LogP contribution >= 0.6 is 0 Å². The number of nitrogens with zero attached hydrogens (tertiary/aromatic N) is 2. The molecule has 0 atom stereocenters. The van der Waals surface area contributed by atoms with Crippen molar-refractivity contribution < 1.29 is 4.79 Å². The molecule has 0 saturated carbocycles. The van der Waals surface area contributed by atoms with Crippen LogP contribution in [-0.2, 0) is 6.42 Å². The van der Waals surface area contributed by atoms with Gasteiger partial charge in [-0.15, -0.1) is 0 Å². The van der Waals surface area contributed by atoms with Crippen molar-refractivity contribution in [2.24, 2.45) is 0 Å². The third kappa shape index (κ3) is 1.23. The second kappa shape index (κ2) is 2.64. The Morgan fingerprint density at radius 2 is 2.50 bits per heavy atom. The summed E-state index contributed by atoms with van der Waals surface area (Å²) in [7, 11) is 0. The van der Waals surface area contributed by atoms with E-state index in [1.54, 1.807) is 6.20 Å². The molecule has 0 amide bonds. The van der Waals surface area contributed by atoms with Crippen LogP contribution in [0.15, 0.2) is 12.3 Å². The summed E-state index contributed by atoms with van der Waals surface area (Å²) in [6, 6.07) is 1.85. The van der Waals surface area contributed by atoms with Crippen LogP contribution in [0.2, 0.25) is 0 Å². The Hall–Kier alpha value is -1.12. The molecule has 0 fully saturated rings. The van der Waals surface area contributed by atoms with E-state index in [1.165, 1.54) is 11.6 Å². The minimum absolute atomic E-state index is 0.0419. The zero-order valence-electron chi connectivity index (χ0n) is 6.16. The molecule has 1 rings (SSSR count). The number of rotatable bonds is 1. The number of hydrogen-bond donors (Lipinski definition) is 0. The van der Waals surface area contributed by atoms with Gasteiger partial charge in [-0.05, 0) is 12.5 Å². The maximum atomic E-state index is 10.7. The fourth-order valence-electron chi connectivity index (χ4n) is 0.726. The topological polar surface area (TPSA) is 34.9 Å². The van der Waals surface area contributed by atoms with Gasteiger partial charge in [0.05, 0.1) is 5.69 Å². The van der Waals surface area contributed by atoms with Crippen molar-refractivity contribution in [3.8, 4) is 0 Å². The molecule has 0 radical (unpaired) electrons. The first kappa shape index (κ1) is 6.99. The van der Waals surface area contributed by atoms with E-state index >= 15 is 0 Å². The van der Waals surface area contributed by atoms with Gasteiger partial charge in [0.2, 0.25) is 5.91 Å². The number of aromatic nitrogens is 2. The zero-order chi connectivity index (χ0) is 7.56. The van der Waals surface area contributed by atoms with E-state index in [-0.39, 0.29) is 5.91 Å². The van der Waals surface area contributed by atoms with Crippen molar-refractivity contribution in [2.75, 3.05) is 0 Å². The highest BCUT2D eigenvalue weighted by atomic mass is 16.2. The largest absolute Gasteiger partial charge is 0.273 e. The molecule has 3 nitrogen and oxygen atoms in total. The Balaban J connectivity index is 2.88. The lowest BCUT2D eigenvalue weighted by Crippen LogP contribution is -2.05. The van der Waals surface area contributed by atoms with Gasteiger partial charge in [0, 0.05) is 13.1 Å². The average molecular weight is 138 g/mol. The van der Waals surface area contributed by atoms with Crippen molar-refractivity contribution in [1.29, 1.82) is 0 Å². The minimum atomic E-state index is -0.0419. The lowest BCUT2D eigenvalue weighted by molar-refractivity contribution is 0.0920. The number of aryl methyl sites for hydroxylation is 1. The van der Waals surface area contributed by atoms with Gasteiger partial charge in [0.25, 0.3) is 0 Å². The maximum absolute atomic E-state index is 10.7. The Kier molecular flexibility index (Phi) is 1.85. The van der Waals surface area contributed by atoms with E-state index in [2.05, 4.69) is 5.10 Å². The van der Waals surface area contributed by atoms with Gasteiger partial charge in [-0.2, -0.15) is 5.10 Å². The van der Waals surface area contributed by atoms with Crippen LogP contribution in [0, 0.1) is 0 Å². The Morgan fingerprint density at radius 3 is 2.80 bits per heavy atom. The fourth-order valence-corrected chi connectivity index (χ4v) is 0.726. The predicted molar refractivity (Wildman–Crippen MR) is 37.9 cm³/mol. The molecule has 0 aliphatic rings. The van der Waals surface area contributed by atoms with Gasteiger partial charge in [0.1, 0.15) is 0 Å². The highest BCUT2D eigenvalue weighted by molar-refractivity contribution is 5.74. The van der Waals surface area contributed by atoms with Crippen LogP contribution in [0.3, 0.4) is 0 Å². The summed E-state index contributed by atoms with van der Waals surface area (Å²) in [5, 5.41) is 4.00. The molecule has 0 spiro atoms. The van der Waals surface area contributed by atoms with E-state index in [9.17, 15) is 4.79 Å². The predicted octanol–water partition coefficient (Wildman–Crippen LogP) is 1.11. The molecular weight excluding hydrogens is 128 g/mol. The molecule has 54 valence electrons. The van der Waals surface area contributed by atoms with Crippen LogP contribution in [0.25, 0.3) is 0 Å². The van der Waals surface area contributed by atoms with E-state index in [0.29, 0.717) is 0 Å². The molecule has 1 aromatic heterocycles. The standard InChI is InChI=1S/C7H10N2O/c1-3-7-4-5-9(8-7)6(2)10/h4-5H,3H2,1-2H3. The van der Waals surface area contributed by atoms with Crippen molar-refractivity contribution in [3.63, 3.8) is 0 Å². The van der Waals surface area contributed by atoms with Crippen LogP contribution < -0.4 is 0 Å². The summed E-state index contributed by atoms with van der Waals surface area (Å²) in [5.74, 6) is -0.0419. The van der Waals surface area contributed by atoms with Crippen molar-refractivity contribution in [3.05, 3.63) is 18.0 Å². The summed E-state index contributed by atoms with van der Waals surface area (Å²) in [6.45, 7) is 3.50. The number of hydrogen-bond acceptors (Lipinski definition) is 2. The lowest BCUT2D eigenvalue weighted by atomic mass is 10.4. The molecule has 0 saturated heterocycles. The van der Waals surface area contributed by atoms with Gasteiger partial charge in [0.15, 0.2) is 0 Å². The molecule has 0 aliphatic carbocycles. The summed E-state index contributed by atoms with van der Waals surface area (Å²) < 4.78 is 1.35. The molecule has 1 aromatic rings. The summed E-state index contributed by atoms with van der Waals surface area (Å²) in [4.78, 5) is 10.7. The van der Waals surface area contributed by atoms with E-state index in [1.807, 2.05) is 13.0 Å². The van der Waals surface area contributed by atoms with E-state index in [0.717, 1.165) is 12.1 Å². The molecule has 1 heterocycles. The van der Waals surface area contributed by atoms with Crippen LogP contribution in [-0.4, -0.2) is 15.7 Å². The third-order valence-corrected chi connectivity index (χ3v) is 1.33. The van der Waals surface area contributed by atoms with Crippen LogP contribution in [0.5, 0.6) is 0 Å². The SMILES string of the molecule is CCc1ccn(C(C)=O)n1. The highest BCUT2D eigenvalue weighted by Crippen LogP contribution is 1.94. The maximum Gasteiger partial charge on any atom is 0.243 e. The van der Waals surface area contributed by atoms with Crippen molar-refractivity contribution in [1.82, 2.24) is 9.78 Å². The normalized spacial score (nSPS) is 9.80. The quantitative estimate of drug-likeness (QED) is 0.582. The van der Waals surface area contributed by atoms with E-state index in [4.69, 9.17) is 0 Å². The van der Waals surface area contributed by atoms with Crippen LogP contribution in [0.4, 0.5) is 0 Å². The summed E-state index contributed by atoms with van der Waals surface area (Å²) in [5.41, 5.74) is 0.954. The average Bonchev–Trinajstić information content (AvgIpc) is 2.34. The van der Waals surface area contributed by atoms with Gasteiger partial charge >= 0.3 is 0 Å². The first-order valence-electron chi connectivity index (χ1n) is 3.29. The first-order chi connectivity index (χ1) is 4.74.